The van der Waals surface area contributed by atoms with E-state index in [-0.39, 0.29) is 17.4 Å². The van der Waals surface area contributed by atoms with Gasteiger partial charge in [-0.3, -0.25) is 9.00 Å². The van der Waals surface area contributed by atoms with E-state index in [2.05, 4.69) is 5.32 Å². The Kier molecular flexibility index (Phi) is 5.37. The van der Waals surface area contributed by atoms with Crippen molar-refractivity contribution in [3.05, 3.63) is 23.7 Å². The Morgan fingerprint density at radius 1 is 1.41 bits per heavy atom. The third-order valence-electron chi connectivity index (χ3n) is 2.15. The Bertz CT molecular complexity index is 401. The molecular weight excluding hydrogens is 240 g/mol. The zero-order valence-electron chi connectivity index (χ0n) is 10.4. The van der Waals surface area contributed by atoms with Gasteiger partial charge in [-0.25, -0.2) is 0 Å². The van der Waals surface area contributed by atoms with E-state index in [4.69, 9.17) is 4.42 Å². The molecule has 0 radical (unpaired) electrons. The summed E-state index contributed by atoms with van der Waals surface area (Å²) in [5.41, 5.74) is 0. The first kappa shape index (κ1) is 13.9. The van der Waals surface area contributed by atoms with Crippen LogP contribution in [-0.2, 0) is 27.9 Å². The summed E-state index contributed by atoms with van der Waals surface area (Å²) in [4.78, 5) is 12.8. The molecule has 1 N–H and O–H groups in total. The summed E-state index contributed by atoms with van der Waals surface area (Å²) < 4.78 is 17.1. The average molecular weight is 258 g/mol. The molecule has 1 atom stereocenters. The first-order valence-corrected chi connectivity index (χ1v) is 6.79. The molecule has 0 aromatic carbocycles. The Hall–Kier alpha value is -1.14. The van der Waals surface area contributed by atoms with Crippen LogP contribution in [0.4, 0.5) is 0 Å². The van der Waals surface area contributed by atoms with Crippen LogP contribution < -0.4 is 5.32 Å². The number of hydrogen-bond donors (Lipinski definition) is 1. The van der Waals surface area contributed by atoms with Crippen LogP contribution in [0.25, 0.3) is 0 Å². The van der Waals surface area contributed by atoms with Crippen molar-refractivity contribution in [1.29, 1.82) is 0 Å². The van der Waals surface area contributed by atoms with Crippen LogP contribution in [0.2, 0.25) is 0 Å². The number of amides is 1. The maximum atomic E-state index is 11.7. The highest BCUT2D eigenvalue weighted by Gasteiger charge is 2.12. The molecular formula is C11H18N2O3S. The number of carbonyl (C=O) groups is 1. The number of rotatable bonds is 6. The van der Waals surface area contributed by atoms with Crippen LogP contribution in [0.3, 0.4) is 0 Å². The molecule has 0 fully saturated rings. The summed E-state index contributed by atoms with van der Waals surface area (Å²) in [7, 11) is 3.91. The lowest BCUT2D eigenvalue weighted by atomic mass is 10.4. The number of nitrogens with zero attached hydrogens (tertiary/aromatic N) is 1. The molecule has 0 aliphatic rings. The van der Waals surface area contributed by atoms with Crippen molar-refractivity contribution in [3.8, 4) is 0 Å². The number of hydrogen-bond acceptors (Lipinski definition) is 4. The fourth-order valence-corrected chi connectivity index (χ4v) is 2.35. The monoisotopic (exact) mass is 258 g/mol. The smallest absolute Gasteiger partial charge is 0.234 e. The van der Waals surface area contributed by atoms with E-state index in [1.165, 1.54) is 4.90 Å². The molecule has 1 heterocycles. The normalized spacial score (nSPS) is 12.4. The van der Waals surface area contributed by atoms with Crippen molar-refractivity contribution in [2.24, 2.45) is 0 Å². The lowest BCUT2D eigenvalue weighted by Crippen LogP contribution is -2.27. The molecule has 1 amide bonds. The molecule has 0 aliphatic carbocycles. The van der Waals surface area contributed by atoms with Gasteiger partial charge in [-0.2, -0.15) is 0 Å². The summed E-state index contributed by atoms with van der Waals surface area (Å²) in [6.45, 7) is 0.642. The summed E-state index contributed by atoms with van der Waals surface area (Å²) in [5, 5.41) is 2.97. The first-order valence-electron chi connectivity index (χ1n) is 5.30. The van der Waals surface area contributed by atoms with E-state index in [0.29, 0.717) is 12.3 Å². The predicted molar refractivity (Wildman–Crippen MR) is 66.9 cm³/mol. The minimum atomic E-state index is -1.22. The Morgan fingerprint density at radius 3 is 2.65 bits per heavy atom. The summed E-state index contributed by atoms with van der Waals surface area (Å²) in [6, 6.07) is 3.64. The summed E-state index contributed by atoms with van der Waals surface area (Å²) >= 11 is 0. The molecule has 0 saturated heterocycles. The third-order valence-corrected chi connectivity index (χ3v) is 3.33. The summed E-state index contributed by atoms with van der Waals surface area (Å²) in [6.07, 6.45) is 0. The maximum Gasteiger partial charge on any atom is 0.234 e. The third kappa shape index (κ3) is 4.70. The van der Waals surface area contributed by atoms with Crippen molar-refractivity contribution >= 4 is 16.7 Å². The van der Waals surface area contributed by atoms with Gasteiger partial charge >= 0.3 is 0 Å². The van der Waals surface area contributed by atoms with Gasteiger partial charge in [0.2, 0.25) is 5.91 Å². The lowest BCUT2D eigenvalue weighted by molar-refractivity contribution is -0.125. The maximum absolute atomic E-state index is 11.7. The first-order chi connectivity index (χ1) is 8.02. The van der Waals surface area contributed by atoms with Gasteiger partial charge in [0, 0.05) is 24.9 Å². The molecule has 96 valence electrons. The second kappa shape index (κ2) is 6.56. The van der Waals surface area contributed by atoms with Crippen LogP contribution >= 0.6 is 0 Å². The van der Waals surface area contributed by atoms with Crippen molar-refractivity contribution in [2.75, 3.05) is 26.9 Å². The second-order valence-corrected chi connectivity index (χ2v) is 5.37. The molecule has 1 unspecified atom stereocenters. The number of furan rings is 1. The average Bonchev–Trinajstić information content (AvgIpc) is 2.65. The molecule has 0 bridgehead atoms. The summed E-state index contributed by atoms with van der Waals surface area (Å²) in [5.74, 6) is 1.64. The molecule has 17 heavy (non-hydrogen) atoms. The van der Waals surface area contributed by atoms with E-state index < -0.39 is 10.8 Å². The molecule has 5 nitrogen and oxygen atoms in total. The van der Waals surface area contributed by atoms with Crippen molar-refractivity contribution in [1.82, 2.24) is 10.2 Å². The highest BCUT2D eigenvalue weighted by Crippen LogP contribution is 2.10. The Morgan fingerprint density at radius 2 is 2.06 bits per heavy atom. The second-order valence-electron chi connectivity index (χ2n) is 3.92. The standard InChI is InChI=1S/C11H18N2O3S/c1-12-6-9-4-5-10(16-9)7-17(15)8-11(14)13(2)3/h4-5,12H,6-8H2,1-3H3. The fourth-order valence-electron chi connectivity index (χ4n) is 1.25. The SMILES string of the molecule is CNCc1ccc(CS(=O)CC(=O)N(C)C)o1. The van der Waals surface area contributed by atoms with Gasteiger partial charge in [-0.15, -0.1) is 0 Å². The van der Waals surface area contributed by atoms with Gasteiger partial charge in [-0.05, 0) is 19.2 Å². The van der Waals surface area contributed by atoms with E-state index in [0.717, 1.165) is 5.76 Å². The molecule has 0 aliphatic heterocycles. The van der Waals surface area contributed by atoms with E-state index in [1.54, 1.807) is 20.2 Å². The van der Waals surface area contributed by atoms with E-state index >= 15 is 0 Å². The van der Waals surface area contributed by atoms with Gasteiger partial charge in [0.15, 0.2) is 0 Å². The quantitative estimate of drug-likeness (QED) is 0.799. The van der Waals surface area contributed by atoms with Crippen LogP contribution in [-0.4, -0.2) is 41.9 Å². The minimum Gasteiger partial charge on any atom is -0.464 e. The van der Waals surface area contributed by atoms with Crippen molar-refractivity contribution in [2.45, 2.75) is 12.3 Å². The van der Waals surface area contributed by atoms with E-state index in [1.807, 2.05) is 13.1 Å². The van der Waals surface area contributed by atoms with Crippen molar-refractivity contribution in [3.63, 3.8) is 0 Å². The van der Waals surface area contributed by atoms with Crippen LogP contribution in [0.5, 0.6) is 0 Å². The van der Waals surface area contributed by atoms with E-state index in [9.17, 15) is 9.00 Å². The Balaban J connectivity index is 2.47. The lowest BCUT2D eigenvalue weighted by Gasteiger charge is -2.08. The topological polar surface area (TPSA) is 62.6 Å². The van der Waals surface area contributed by atoms with Crippen LogP contribution in [0.15, 0.2) is 16.5 Å². The van der Waals surface area contributed by atoms with Gasteiger partial charge in [0.1, 0.15) is 17.3 Å². The van der Waals surface area contributed by atoms with Gasteiger partial charge < -0.3 is 14.6 Å². The zero-order valence-corrected chi connectivity index (χ0v) is 11.2. The van der Waals surface area contributed by atoms with Gasteiger partial charge in [0.25, 0.3) is 0 Å². The molecule has 1 aromatic rings. The van der Waals surface area contributed by atoms with Gasteiger partial charge in [0.05, 0.1) is 12.3 Å². The Labute approximate surface area is 104 Å². The zero-order chi connectivity index (χ0) is 12.8. The van der Waals surface area contributed by atoms with Crippen molar-refractivity contribution < 1.29 is 13.4 Å². The number of nitrogens with one attached hydrogen (secondary N) is 1. The van der Waals surface area contributed by atoms with Crippen LogP contribution in [0.1, 0.15) is 11.5 Å². The fraction of sp³-hybridized carbons (Fsp3) is 0.545. The largest absolute Gasteiger partial charge is 0.464 e. The minimum absolute atomic E-state index is 0.0368. The highest BCUT2D eigenvalue weighted by molar-refractivity contribution is 7.84. The number of carbonyl (C=O) groups excluding carboxylic acids is 1. The molecule has 1 aromatic heterocycles. The molecule has 0 spiro atoms. The highest BCUT2D eigenvalue weighted by atomic mass is 32.2. The molecule has 6 heteroatoms. The van der Waals surface area contributed by atoms with Crippen LogP contribution in [0, 0.1) is 0 Å². The van der Waals surface area contributed by atoms with Gasteiger partial charge in [-0.1, -0.05) is 0 Å². The molecule has 0 saturated carbocycles. The molecule has 1 rings (SSSR count). The predicted octanol–water partition coefficient (Wildman–Crippen LogP) is 0.336.